The number of phosphoric ester groups is 1. The standard InChI is InChI=1S/C10H17N5O11P2S/c11-10(29)13-7-4(8(18)14-10)12-2-15(7)9-6(17)5(16)3(25-9)1-24-28(22,23)26-27(19,20)21/h3,5-6,9,16-17,29H,1-2,11H2,(H,14,18)(H,22,23)(H2,19,20,21)/t3-,5-,6-,9-,10-/m1/s1. The number of thiol groups is 1. The number of hydrogen-bond acceptors (Lipinski definition) is 13. The van der Waals surface area contributed by atoms with Gasteiger partial charge in [-0.3, -0.25) is 20.0 Å². The number of nitrogens with one attached hydrogen (secondary N) is 1. The van der Waals surface area contributed by atoms with Crippen LogP contribution in [0.5, 0.6) is 0 Å². The van der Waals surface area contributed by atoms with Crippen LogP contribution in [0.15, 0.2) is 9.98 Å². The van der Waals surface area contributed by atoms with Crippen LogP contribution in [0.4, 0.5) is 0 Å². The molecule has 0 aromatic heterocycles. The molecule has 16 nitrogen and oxygen atoms in total. The van der Waals surface area contributed by atoms with E-state index in [9.17, 15) is 29.0 Å². The highest BCUT2D eigenvalue weighted by Crippen LogP contribution is 2.57. The fraction of sp³-hybridized carbons (Fsp3) is 0.700. The highest BCUT2D eigenvalue weighted by molar-refractivity contribution is 7.81. The number of carbonyl (C=O) groups is 1. The first-order chi connectivity index (χ1) is 13.2. The van der Waals surface area contributed by atoms with E-state index >= 15 is 0 Å². The normalized spacial score (nSPS) is 36.9. The van der Waals surface area contributed by atoms with Gasteiger partial charge in [-0.25, -0.2) is 14.1 Å². The van der Waals surface area contributed by atoms with Gasteiger partial charge in [0.25, 0.3) is 5.91 Å². The zero-order valence-electron chi connectivity index (χ0n) is 14.2. The molecule has 6 atom stereocenters. The Morgan fingerprint density at radius 2 is 2.00 bits per heavy atom. The third kappa shape index (κ3) is 5.04. The van der Waals surface area contributed by atoms with E-state index in [1.165, 1.54) is 4.90 Å². The van der Waals surface area contributed by atoms with Crippen LogP contribution in [0.1, 0.15) is 0 Å². The van der Waals surface area contributed by atoms with Crippen LogP contribution in [0, 0.1) is 0 Å². The highest BCUT2D eigenvalue weighted by atomic mass is 32.1. The number of ether oxygens (including phenoxy) is 1. The van der Waals surface area contributed by atoms with Crippen molar-refractivity contribution < 1.29 is 52.4 Å². The van der Waals surface area contributed by atoms with Gasteiger partial charge in [0, 0.05) is 0 Å². The lowest BCUT2D eigenvalue weighted by Crippen LogP contribution is -2.60. The number of fused-ring (bicyclic) bond motifs is 1. The predicted octanol–water partition coefficient (Wildman–Crippen LogP) is -3.60. The second kappa shape index (κ2) is 7.64. The third-order valence-electron chi connectivity index (χ3n) is 3.91. The number of amides is 1. The quantitative estimate of drug-likeness (QED) is 0.105. The van der Waals surface area contributed by atoms with Crippen molar-refractivity contribution in [2.45, 2.75) is 29.7 Å². The van der Waals surface area contributed by atoms with E-state index in [2.05, 4.69) is 36.8 Å². The molecule has 3 aliphatic rings. The molecule has 1 fully saturated rings. The number of nitrogens with zero attached hydrogens (tertiary/aromatic N) is 3. The second-order valence-electron chi connectivity index (χ2n) is 6.12. The summed E-state index contributed by atoms with van der Waals surface area (Å²) in [5.41, 5.74) is 5.58. The zero-order chi connectivity index (χ0) is 21.8. The van der Waals surface area contributed by atoms with Crippen molar-refractivity contribution in [3.8, 4) is 0 Å². The van der Waals surface area contributed by atoms with E-state index in [0.29, 0.717) is 0 Å². The average molecular weight is 477 g/mol. The molecule has 1 unspecified atom stereocenters. The summed E-state index contributed by atoms with van der Waals surface area (Å²) in [6.45, 7) is -1.06. The summed E-state index contributed by atoms with van der Waals surface area (Å²) in [5.74, 6) is -0.722. The predicted molar refractivity (Wildman–Crippen MR) is 95.2 cm³/mol. The van der Waals surface area contributed by atoms with Gasteiger partial charge < -0.3 is 39.8 Å². The monoisotopic (exact) mass is 477 g/mol. The van der Waals surface area contributed by atoms with Crippen LogP contribution in [-0.4, -0.2) is 90.2 Å². The fourth-order valence-electron chi connectivity index (χ4n) is 2.78. The summed E-state index contributed by atoms with van der Waals surface area (Å²) >= 11 is 3.97. The Morgan fingerprint density at radius 1 is 1.34 bits per heavy atom. The highest BCUT2D eigenvalue weighted by Gasteiger charge is 2.51. The van der Waals surface area contributed by atoms with Crippen LogP contribution in [-0.2, 0) is 27.5 Å². The van der Waals surface area contributed by atoms with Gasteiger partial charge in [0.2, 0.25) is 5.12 Å². The average Bonchev–Trinajstić information content (AvgIpc) is 3.05. The smallest absolute Gasteiger partial charge is 0.387 e. The second-order valence-corrected chi connectivity index (χ2v) is 9.63. The molecular weight excluding hydrogens is 460 g/mol. The van der Waals surface area contributed by atoms with Gasteiger partial charge in [-0.15, -0.1) is 12.6 Å². The number of aliphatic hydroxyl groups is 2. The van der Waals surface area contributed by atoms with Crippen molar-refractivity contribution in [1.82, 2.24) is 10.2 Å². The maximum Gasteiger partial charge on any atom is 0.481 e. The van der Waals surface area contributed by atoms with Crippen LogP contribution in [0.3, 0.4) is 0 Å². The Bertz CT molecular complexity index is 861. The molecule has 0 aromatic carbocycles. The third-order valence-corrected chi connectivity index (χ3v) is 6.27. The van der Waals surface area contributed by atoms with Crippen molar-refractivity contribution in [3.63, 3.8) is 0 Å². The molecular formula is C10H17N5O11P2S. The minimum atomic E-state index is -5.33. The number of hydrogen-bond donors (Lipinski definition) is 8. The summed E-state index contributed by atoms with van der Waals surface area (Å²) in [6.07, 6.45) is -5.96. The molecule has 3 heterocycles. The SMILES string of the molecule is N[C@@]1(S)N=C2C(=NCN2[C@@H]2O[C@H](COP(=O)(O)OP(=O)(O)O)[C@@H](O)[C@H]2O)C(=O)N1. The van der Waals surface area contributed by atoms with Crippen molar-refractivity contribution in [1.29, 1.82) is 0 Å². The molecule has 3 rings (SSSR count). The molecule has 0 aliphatic carbocycles. The van der Waals surface area contributed by atoms with Crippen LogP contribution < -0.4 is 11.1 Å². The molecule has 19 heteroatoms. The van der Waals surface area contributed by atoms with Crippen LogP contribution in [0.25, 0.3) is 0 Å². The largest absolute Gasteiger partial charge is 0.481 e. The Morgan fingerprint density at radius 3 is 2.62 bits per heavy atom. The van der Waals surface area contributed by atoms with Crippen molar-refractivity contribution in [3.05, 3.63) is 0 Å². The van der Waals surface area contributed by atoms with Gasteiger partial charge in [-0.1, -0.05) is 0 Å². The number of aliphatic hydroxyl groups excluding tert-OH is 2. The van der Waals surface area contributed by atoms with Crippen molar-refractivity contribution in [2.75, 3.05) is 13.3 Å². The lowest BCUT2D eigenvalue weighted by molar-refractivity contribution is -0.115. The molecule has 3 aliphatic heterocycles. The molecule has 0 saturated carbocycles. The van der Waals surface area contributed by atoms with E-state index in [0.717, 1.165) is 0 Å². The van der Waals surface area contributed by atoms with Gasteiger partial charge in [0.15, 0.2) is 17.8 Å². The molecule has 1 saturated heterocycles. The van der Waals surface area contributed by atoms with E-state index in [1.54, 1.807) is 0 Å². The van der Waals surface area contributed by atoms with E-state index < -0.39 is 57.8 Å². The number of carbonyl (C=O) groups excluding carboxylic acids is 1. The molecule has 0 radical (unpaired) electrons. The Kier molecular flexibility index (Phi) is 5.99. The molecule has 29 heavy (non-hydrogen) atoms. The van der Waals surface area contributed by atoms with E-state index in [-0.39, 0.29) is 18.2 Å². The number of nitrogens with two attached hydrogens (primary N) is 1. The molecule has 1 amide bonds. The summed E-state index contributed by atoms with van der Waals surface area (Å²) < 4.78 is 35.6. The molecule has 164 valence electrons. The lowest BCUT2D eigenvalue weighted by atomic mass is 10.1. The number of phosphoric acid groups is 2. The van der Waals surface area contributed by atoms with Gasteiger partial charge in [-0.2, -0.15) is 4.31 Å². The molecule has 0 bridgehead atoms. The number of rotatable bonds is 6. The summed E-state index contributed by atoms with van der Waals surface area (Å²) in [4.78, 5) is 47.6. The number of aliphatic imine (C=N–C) groups is 2. The maximum atomic E-state index is 12.0. The van der Waals surface area contributed by atoms with E-state index in [4.69, 9.17) is 20.3 Å². The Balaban J connectivity index is 1.71. The zero-order valence-corrected chi connectivity index (χ0v) is 16.9. The minimum Gasteiger partial charge on any atom is -0.387 e. The number of amidine groups is 1. The lowest BCUT2D eigenvalue weighted by Gasteiger charge is -2.32. The Hall–Kier alpha value is -0.940. The first kappa shape index (κ1) is 22.7. The van der Waals surface area contributed by atoms with Crippen molar-refractivity contribution >= 4 is 45.7 Å². The van der Waals surface area contributed by atoms with Crippen LogP contribution in [0.2, 0.25) is 0 Å². The van der Waals surface area contributed by atoms with Gasteiger partial charge >= 0.3 is 15.6 Å². The van der Waals surface area contributed by atoms with Crippen LogP contribution >= 0.6 is 28.3 Å². The van der Waals surface area contributed by atoms with Gasteiger partial charge in [0.05, 0.1) is 6.61 Å². The summed E-state index contributed by atoms with van der Waals surface area (Å²) in [6, 6.07) is 0. The summed E-state index contributed by atoms with van der Waals surface area (Å²) in [5, 5.41) is 20.9. The Labute approximate surface area is 167 Å². The summed E-state index contributed by atoms with van der Waals surface area (Å²) in [7, 11) is -10.5. The minimum absolute atomic E-state index is 0.0540. The first-order valence-electron chi connectivity index (χ1n) is 7.70. The first-order valence-corrected chi connectivity index (χ1v) is 11.2. The fourth-order valence-corrected chi connectivity index (χ4v) is 4.57. The van der Waals surface area contributed by atoms with Gasteiger partial charge in [0.1, 0.15) is 25.0 Å². The van der Waals surface area contributed by atoms with Gasteiger partial charge in [-0.05, 0) is 0 Å². The topological polar surface area (TPSA) is 246 Å². The maximum absolute atomic E-state index is 12.0. The van der Waals surface area contributed by atoms with E-state index in [1.807, 2.05) is 0 Å². The van der Waals surface area contributed by atoms with Crippen molar-refractivity contribution in [2.24, 2.45) is 15.7 Å². The molecule has 8 N–H and O–H groups in total. The molecule has 0 aromatic rings. The molecule has 0 spiro atoms.